The van der Waals surface area contributed by atoms with E-state index in [1.54, 1.807) is 30.3 Å². The van der Waals surface area contributed by atoms with Gasteiger partial charge in [0.05, 0.1) is 5.69 Å². The first-order chi connectivity index (χ1) is 9.72. The fourth-order valence-corrected chi connectivity index (χ4v) is 1.91. The summed E-state index contributed by atoms with van der Waals surface area (Å²) in [6.45, 7) is 0. The fourth-order valence-electron chi connectivity index (χ4n) is 1.91. The van der Waals surface area contributed by atoms with Crippen molar-refractivity contribution in [2.75, 3.05) is 5.32 Å². The molecule has 5 nitrogen and oxygen atoms in total. The largest absolute Gasteiger partial charge is 0.425 e. The van der Waals surface area contributed by atoms with Gasteiger partial charge in [0.1, 0.15) is 5.58 Å². The second-order valence-electron chi connectivity index (χ2n) is 4.19. The lowest BCUT2D eigenvalue weighted by Crippen LogP contribution is -2.19. The molecule has 0 saturated heterocycles. The van der Waals surface area contributed by atoms with E-state index in [9.17, 15) is 4.79 Å². The summed E-state index contributed by atoms with van der Waals surface area (Å²) in [4.78, 5) is 10.9. The van der Waals surface area contributed by atoms with Crippen molar-refractivity contribution >= 4 is 22.7 Å². The minimum Gasteiger partial charge on any atom is -0.425 e. The zero-order valence-corrected chi connectivity index (χ0v) is 10.5. The second kappa shape index (κ2) is 4.97. The van der Waals surface area contributed by atoms with Gasteiger partial charge in [-0.25, -0.2) is 4.79 Å². The van der Waals surface area contributed by atoms with E-state index in [1.807, 2.05) is 24.3 Å². The maximum atomic E-state index is 10.9. The molecule has 0 saturated carbocycles. The Hall–Kier alpha value is -2.95. The first-order valence-corrected chi connectivity index (χ1v) is 6.04. The molecule has 3 aromatic rings. The lowest BCUT2D eigenvalue weighted by Gasteiger charge is -2.08. The molecule has 1 heterocycles. The number of anilines is 1. The highest BCUT2D eigenvalue weighted by atomic mass is 16.6. The van der Waals surface area contributed by atoms with E-state index in [0.29, 0.717) is 17.4 Å². The van der Waals surface area contributed by atoms with Crippen LogP contribution in [0.1, 0.15) is 0 Å². The quantitative estimate of drug-likeness (QED) is 0.760. The van der Waals surface area contributed by atoms with Crippen LogP contribution in [0.4, 0.5) is 10.5 Å². The number of benzene rings is 2. The Morgan fingerprint density at radius 3 is 2.65 bits per heavy atom. The number of fused-ring (bicyclic) bond motifs is 1. The van der Waals surface area contributed by atoms with Gasteiger partial charge >= 0.3 is 6.03 Å². The van der Waals surface area contributed by atoms with Gasteiger partial charge in [-0.2, -0.15) is 0 Å². The number of carbonyl (C=O) groups is 1. The summed E-state index contributed by atoms with van der Waals surface area (Å²) in [5, 5.41) is 3.45. The third-order valence-corrected chi connectivity index (χ3v) is 2.76. The van der Waals surface area contributed by atoms with Crippen LogP contribution in [0.5, 0.6) is 11.7 Å². The number of para-hydroxylation sites is 3. The molecule has 0 aliphatic heterocycles. The summed E-state index contributed by atoms with van der Waals surface area (Å²) < 4.78 is 11.2. The van der Waals surface area contributed by atoms with Crippen molar-refractivity contribution in [3.05, 3.63) is 54.6 Å². The van der Waals surface area contributed by atoms with Crippen molar-refractivity contribution in [1.29, 1.82) is 0 Å². The zero-order valence-electron chi connectivity index (χ0n) is 10.5. The molecule has 0 aliphatic rings. The van der Waals surface area contributed by atoms with Crippen molar-refractivity contribution in [2.45, 2.75) is 0 Å². The van der Waals surface area contributed by atoms with Crippen LogP contribution in [-0.2, 0) is 0 Å². The molecule has 100 valence electrons. The molecule has 0 spiro atoms. The number of carbonyl (C=O) groups excluding carboxylic acids is 1. The van der Waals surface area contributed by atoms with Gasteiger partial charge in [0.2, 0.25) is 0 Å². The number of amides is 2. The molecule has 0 atom stereocenters. The fraction of sp³-hybridized carbons (Fsp3) is 0. The predicted octanol–water partition coefficient (Wildman–Crippen LogP) is 3.72. The number of hydrogen-bond acceptors (Lipinski definition) is 3. The second-order valence-corrected chi connectivity index (χ2v) is 4.19. The van der Waals surface area contributed by atoms with Crippen LogP contribution in [0.15, 0.2) is 59.0 Å². The summed E-state index contributed by atoms with van der Waals surface area (Å²) in [6, 6.07) is 15.7. The lowest BCUT2D eigenvalue weighted by molar-refractivity contribution is 0.259. The van der Waals surface area contributed by atoms with Crippen LogP contribution in [0.3, 0.4) is 0 Å². The molecule has 1 aromatic heterocycles. The van der Waals surface area contributed by atoms with Crippen LogP contribution in [0.25, 0.3) is 11.0 Å². The molecule has 0 fully saturated rings. The number of urea groups is 1. The minimum atomic E-state index is -0.648. The molecule has 3 N–H and O–H groups in total. The van der Waals surface area contributed by atoms with Crippen molar-refractivity contribution in [2.24, 2.45) is 5.73 Å². The third kappa shape index (κ3) is 2.42. The van der Waals surface area contributed by atoms with Gasteiger partial charge < -0.3 is 20.2 Å². The van der Waals surface area contributed by atoms with Gasteiger partial charge in [0.15, 0.2) is 5.75 Å². The van der Waals surface area contributed by atoms with Crippen LogP contribution in [0, 0.1) is 0 Å². The molecule has 5 heteroatoms. The normalized spacial score (nSPS) is 10.4. The molecule has 3 rings (SSSR count). The van der Waals surface area contributed by atoms with Gasteiger partial charge in [-0.3, -0.25) is 0 Å². The summed E-state index contributed by atoms with van der Waals surface area (Å²) in [7, 11) is 0. The average molecular weight is 268 g/mol. The molecule has 0 radical (unpaired) electrons. The molecule has 0 unspecified atom stereocenters. The van der Waals surface area contributed by atoms with Gasteiger partial charge in [-0.1, -0.05) is 30.3 Å². The van der Waals surface area contributed by atoms with E-state index in [0.717, 1.165) is 11.0 Å². The highest BCUT2D eigenvalue weighted by Gasteiger charge is 2.09. The van der Waals surface area contributed by atoms with Gasteiger partial charge in [0, 0.05) is 11.5 Å². The molecule has 0 bridgehead atoms. The number of nitrogens with two attached hydrogens (primary N) is 1. The number of hydrogen-bond donors (Lipinski definition) is 2. The highest BCUT2D eigenvalue weighted by Crippen LogP contribution is 2.32. The predicted molar refractivity (Wildman–Crippen MR) is 75.9 cm³/mol. The van der Waals surface area contributed by atoms with Crippen molar-refractivity contribution in [3.63, 3.8) is 0 Å². The maximum absolute atomic E-state index is 10.9. The van der Waals surface area contributed by atoms with E-state index in [2.05, 4.69) is 5.32 Å². The van der Waals surface area contributed by atoms with E-state index in [4.69, 9.17) is 14.9 Å². The number of primary amides is 1. The Kier molecular flexibility index (Phi) is 3.01. The number of nitrogens with one attached hydrogen (secondary N) is 1. The standard InChI is InChI=1S/C15H12N2O3/c16-15(18)17-11-6-2-4-8-13(11)20-14-9-10-5-1-3-7-12(10)19-14/h1-9H,(H3,16,17,18). The Labute approximate surface area is 114 Å². The Balaban J connectivity index is 1.92. The van der Waals surface area contributed by atoms with E-state index >= 15 is 0 Å². The Morgan fingerprint density at radius 2 is 1.85 bits per heavy atom. The van der Waals surface area contributed by atoms with Crippen LogP contribution in [-0.4, -0.2) is 6.03 Å². The lowest BCUT2D eigenvalue weighted by atomic mass is 10.3. The molecular formula is C15H12N2O3. The Morgan fingerprint density at radius 1 is 1.10 bits per heavy atom. The van der Waals surface area contributed by atoms with Gasteiger partial charge in [-0.15, -0.1) is 0 Å². The minimum absolute atomic E-state index is 0.352. The Bertz CT molecular complexity index is 731. The number of furan rings is 1. The van der Waals surface area contributed by atoms with Crippen LogP contribution < -0.4 is 15.8 Å². The van der Waals surface area contributed by atoms with Crippen LogP contribution >= 0.6 is 0 Å². The number of rotatable bonds is 3. The van der Waals surface area contributed by atoms with E-state index < -0.39 is 6.03 Å². The van der Waals surface area contributed by atoms with Crippen molar-refractivity contribution in [3.8, 4) is 11.7 Å². The number of ether oxygens (including phenoxy) is 1. The van der Waals surface area contributed by atoms with E-state index in [1.165, 1.54) is 0 Å². The van der Waals surface area contributed by atoms with Gasteiger partial charge in [0.25, 0.3) is 5.95 Å². The molecule has 2 aromatic carbocycles. The monoisotopic (exact) mass is 268 g/mol. The SMILES string of the molecule is NC(=O)Nc1ccccc1Oc1cc2ccccc2o1. The molecule has 0 aliphatic carbocycles. The van der Waals surface area contributed by atoms with E-state index in [-0.39, 0.29) is 0 Å². The maximum Gasteiger partial charge on any atom is 0.316 e. The van der Waals surface area contributed by atoms with Gasteiger partial charge in [-0.05, 0) is 18.2 Å². The molecule has 2 amide bonds. The zero-order chi connectivity index (χ0) is 13.9. The summed E-state index contributed by atoms with van der Waals surface area (Å²) in [6.07, 6.45) is 0. The topological polar surface area (TPSA) is 77.5 Å². The third-order valence-electron chi connectivity index (χ3n) is 2.76. The first-order valence-electron chi connectivity index (χ1n) is 6.04. The molecular weight excluding hydrogens is 256 g/mol. The van der Waals surface area contributed by atoms with Crippen LogP contribution in [0.2, 0.25) is 0 Å². The smallest absolute Gasteiger partial charge is 0.316 e. The summed E-state index contributed by atoms with van der Waals surface area (Å²) in [5.74, 6) is 0.815. The summed E-state index contributed by atoms with van der Waals surface area (Å²) in [5.41, 5.74) is 6.34. The molecule has 20 heavy (non-hydrogen) atoms. The average Bonchev–Trinajstić information content (AvgIpc) is 2.82. The van der Waals surface area contributed by atoms with Crippen molar-refractivity contribution < 1.29 is 13.9 Å². The van der Waals surface area contributed by atoms with Crippen molar-refractivity contribution in [1.82, 2.24) is 0 Å². The summed E-state index contributed by atoms with van der Waals surface area (Å²) >= 11 is 0. The first kappa shape index (κ1) is 12.1. The highest BCUT2D eigenvalue weighted by molar-refractivity contribution is 5.89.